The van der Waals surface area contributed by atoms with Crippen LogP contribution in [0.25, 0.3) is 0 Å². The molecule has 76 heavy (non-hydrogen) atoms. The van der Waals surface area contributed by atoms with Crippen molar-refractivity contribution in [3.05, 3.63) is 86.1 Å². The number of aromatic nitrogens is 3. The third-order valence-electron chi connectivity index (χ3n) is 13.9. The normalized spacial score (nSPS) is 21.7. The number of para-hydroxylation sites is 1. The lowest BCUT2D eigenvalue weighted by Crippen LogP contribution is -2.52. The average molecular weight is 1090 g/mol. The van der Waals surface area contributed by atoms with E-state index in [1.54, 1.807) is 35.8 Å². The lowest BCUT2D eigenvalue weighted by molar-refractivity contribution is -0.119. The van der Waals surface area contributed by atoms with Crippen LogP contribution in [0.2, 0.25) is 5.02 Å². The van der Waals surface area contributed by atoms with Gasteiger partial charge in [0.25, 0.3) is 5.91 Å². The Hall–Kier alpha value is -6.79. The zero-order valence-corrected chi connectivity index (χ0v) is 44.4. The van der Waals surface area contributed by atoms with Crippen LogP contribution >= 0.6 is 22.9 Å². The third-order valence-corrected chi connectivity index (χ3v) is 15.2. The van der Waals surface area contributed by atoms with Crippen molar-refractivity contribution in [2.75, 3.05) is 81.0 Å². The largest absolute Gasteiger partial charge is 0.448 e. The van der Waals surface area contributed by atoms with Crippen molar-refractivity contribution >= 4 is 80.9 Å². The lowest BCUT2D eigenvalue weighted by Gasteiger charge is -2.36. The summed E-state index contributed by atoms with van der Waals surface area (Å²) in [7, 11) is 0. The molecule has 25 heteroatoms. The van der Waals surface area contributed by atoms with E-state index < -0.39 is 46.7 Å². The molecule has 0 atom stereocenters. The minimum Gasteiger partial charge on any atom is -0.448 e. The van der Waals surface area contributed by atoms with Gasteiger partial charge in [-0.15, -0.1) is 0 Å². The zero-order chi connectivity index (χ0) is 54.5. The third kappa shape index (κ3) is 14.0. The second-order valence-electron chi connectivity index (χ2n) is 20.3. The van der Waals surface area contributed by atoms with Crippen LogP contribution in [-0.2, 0) is 19.1 Å². The summed E-state index contributed by atoms with van der Waals surface area (Å²) in [6.07, 6.45) is -0.384. The molecule has 3 aromatic rings. The molecule has 0 spiro atoms. The molecule has 4 amide bonds. The van der Waals surface area contributed by atoms with Gasteiger partial charge in [0.1, 0.15) is 40.7 Å². The van der Waals surface area contributed by atoms with Crippen molar-refractivity contribution in [1.29, 1.82) is 0 Å². The standard InChI is InChI=1S/C51H63ClF3N13O7S/c1-29-6-5-7-35(52)43(29)64-46(71)39-28-58-47(76-39)63-40-25-41(60-30(2)59-40)66-16-14-65(15-17-66)22-23-74-48(72)67-18-20-68(21-19-67)49(73)75-33-11-8-31(9-12-33)61-36-24-32(10-13-34(36)45(57)70)62-37-26-50(3,4)27-38(69)42(37)44(56)51(53,54)55/h5-7,24-25,28,31,33,61H,8-23,26-27,56H2,1-4H3,(H2,57,70)(H,64,71)(H,58,59,60,63). The summed E-state index contributed by atoms with van der Waals surface area (Å²) >= 11 is 7.49. The van der Waals surface area contributed by atoms with Gasteiger partial charge >= 0.3 is 18.4 Å². The number of hydrogen-bond acceptors (Lipinski definition) is 17. The lowest BCUT2D eigenvalue weighted by atomic mass is 9.73. The van der Waals surface area contributed by atoms with Crippen LogP contribution in [0, 0.1) is 19.3 Å². The van der Waals surface area contributed by atoms with Crippen LogP contribution in [0.5, 0.6) is 0 Å². The number of halogens is 4. The fourth-order valence-electron chi connectivity index (χ4n) is 9.87. The summed E-state index contributed by atoms with van der Waals surface area (Å²) in [5, 5.41) is 10.4. The van der Waals surface area contributed by atoms with E-state index in [0.29, 0.717) is 108 Å². The number of nitrogens with two attached hydrogens (primary N) is 2. The Kier molecular flexibility index (Phi) is 17.2. The molecule has 20 nitrogen and oxygen atoms in total. The maximum Gasteiger partial charge on any atom is 0.431 e. The molecule has 4 fully saturated rings. The number of carbonyl (C=O) groups excluding carboxylic acids is 5. The number of piperazine rings is 2. The zero-order valence-electron chi connectivity index (χ0n) is 42.9. The van der Waals surface area contributed by atoms with Gasteiger partial charge in [0.15, 0.2) is 10.9 Å². The van der Waals surface area contributed by atoms with Gasteiger partial charge in [-0.05, 0) is 81.9 Å². The number of alkyl halides is 3. The highest BCUT2D eigenvalue weighted by atomic mass is 35.5. The molecule has 5 aliphatic rings. The molecule has 8 rings (SSSR count). The Morgan fingerprint density at radius 1 is 0.934 bits per heavy atom. The molecule has 408 valence electrons. The molecule has 2 saturated heterocycles. The Morgan fingerprint density at radius 2 is 1.63 bits per heavy atom. The second-order valence-corrected chi connectivity index (χ2v) is 21.7. The first-order chi connectivity index (χ1) is 36.1. The SMILES string of the molecule is Cc1nc(Nc2ncc(C(=O)Nc3c(C)cccc3Cl)s2)cc(N2CCN(CCOC(=O)N3CCN(C(=O)OC4CCC(NC5=C(C(N)=O)CCC(N=C6CC(C)(C)CC(=O)C6=C(N)C(F)(F)F)=C5)CC4)CC3)CC2)n1. The summed E-state index contributed by atoms with van der Waals surface area (Å²) in [6, 6.07) is 7.13. The number of aliphatic imine (C=N–C) groups is 1. The number of thiazole rings is 1. The summed E-state index contributed by atoms with van der Waals surface area (Å²) in [5.41, 5.74) is 11.0. The highest BCUT2D eigenvalue weighted by Gasteiger charge is 2.43. The predicted octanol–water partition coefficient (Wildman–Crippen LogP) is 7.14. The maximum absolute atomic E-state index is 13.7. The van der Waals surface area contributed by atoms with Crippen molar-refractivity contribution < 1.29 is 46.6 Å². The molecular weight excluding hydrogens is 1030 g/mol. The molecule has 4 heterocycles. The van der Waals surface area contributed by atoms with Gasteiger partial charge < -0.3 is 51.6 Å². The molecule has 3 aliphatic carbocycles. The predicted molar refractivity (Wildman–Crippen MR) is 281 cm³/mol. The van der Waals surface area contributed by atoms with E-state index in [1.807, 2.05) is 32.0 Å². The van der Waals surface area contributed by atoms with Crippen molar-refractivity contribution in [2.24, 2.45) is 21.9 Å². The molecule has 2 aromatic heterocycles. The van der Waals surface area contributed by atoms with Gasteiger partial charge in [-0.3, -0.25) is 24.3 Å². The van der Waals surface area contributed by atoms with Crippen LogP contribution in [-0.4, -0.2) is 149 Å². The first-order valence-corrected chi connectivity index (χ1v) is 26.5. The molecule has 1 aromatic carbocycles. The number of allylic oxidation sites excluding steroid dienone is 4. The van der Waals surface area contributed by atoms with E-state index in [4.69, 9.17) is 32.5 Å². The fourth-order valence-corrected chi connectivity index (χ4v) is 10.9. The highest BCUT2D eigenvalue weighted by Crippen LogP contribution is 2.39. The highest BCUT2D eigenvalue weighted by molar-refractivity contribution is 7.17. The van der Waals surface area contributed by atoms with Crippen LogP contribution in [0.1, 0.15) is 86.3 Å². The molecule has 0 radical (unpaired) electrons. The van der Waals surface area contributed by atoms with E-state index in [1.165, 1.54) is 17.5 Å². The van der Waals surface area contributed by atoms with E-state index in [0.717, 1.165) is 24.5 Å². The number of ketones is 1. The van der Waals surface area contributed by atoms with Crippen LogP contribution in [0.15, 0.2) is 69.8 Å². The molecule has 2 saturated carbocycles. The monoisotopic (exact) mass is 1090 g/mol. The quantitative estimate of drug-likeness (QED) is 0.107. The summed E-state index contributed by atoms with van der Waals surface area (Å²) in [5.74, 6) is 0.203. The Morgan fingerprint density at radius 3 is 2.30 bits per heavy atom. The average Bonchev–Trinajstić information content (AvgIpc) is 3.83. The number of nitrogens with one attached hydrogen (secondary N) is 3. The summed E-state index contributed by atoms with van der Waals surface area (Å²) in [4.78, 5) is 90.7. The number of carbonyl (C=O) groups is 5. The molecule has 7 N–H and O–H groups in total. The summed E-state index contributed by atoms with van der Waals surface area (Å²) < 4.78 is 52.7. The van der Waals surface area contributed by atoms with Crippen LogP contribution in [0.3, 0.4) is 0 Å². The number of primary amides is 1. The molecule has 2 aliphatic heterocycles. The topological polar surface area (TPSA) is 256 Å². The van der Waals surface area contributed by atoms with Crippen LogP contribution < -0.4 is 32.3 Å². The smallest absolute Gasteiger partial charge is 0.431 e. The van der Waals surface area contributed by atoms with Crippen molar-refractivity contribution in [2.45, 2.75) is 97.4 Å². The van der Waals surface area contributed by atoms with E-state index in [-0.39, 0.29) is 69.1 Å². The number of ether oxygens (including phenoxy) is 2. The summed E-state index contributed by atoms with van der Waals surface area (Å²) in [6.45, 7) is 12.0. The van der Waals surface area contributed by atoms with Crippen molar-refractivity contribution in [1.82, 2.24) is 35.0 Å². The number of Topliss-reactive ketones (excluding diaryl/α,β-unsaturated/α-hetero) is 1. The minimum absolute atomic E-state index is 0.0346. The Balaban J connectivity index is 0.736. The molecule has 0 unspecified atom stereocenters. The Labute approximate surface area is 447 Å². The van der Waals surface area contributed by atoms with Crippen LogP contribution in [0.4, 0.5) is 45.2 Å². The van der Waals surface area contributed by atoms with Gasteiger partial charge in [0.2, 0.25) is 5.91 Å². The number of anilines is 4. The number of rotatable bonds is 13. The number of hydrogen-bond donors (Lipinski definition) is 5. The number of nitrogens with zero attached hydrogens (tertiary/aromatic N) is 8. The van der Waals surface area contributed by atoms with Gasteiger partial charge in [0, 0.05) is 94.4 Å². The minimum atomic E-state index is -4.91. The van der Waals surface area contributed by atoms with Gasteiger partial charge in [-0.1, -0.05) is 48.9 Å². The molecule has 0 bridgehead atoms. The second kappa shape index (κ2) is 23.6. The van der Waals surface area contributed by atoms with E-state index in [2.05, 4.69) is 45.7 Å². The first-order valence-electron chi connectivity index (χ1n) is 25.3. The van der Waals surface area contributed by atoms with Gasteiger partial charge in [0.05, 0.1) is 28.2 Å². The van der Waals surface area contributed by atoms with Gasteiger partial charge in [-0.2, -0.15) is 13.2 Å². The number of amides is 4. The van der Waals surface area contributed by atoms with Crippen molar-refractivity contribution in [3.8, 4) is 0 Å². The molecular formula is C51H63ClF3N13O7S. The maximum atomic E-state index is 13.7. The van der Waals surface area contributed by atoms with E-state index >= 15 is 0 Å². The first kappa shape index (κ1) is 55.4. The van der Waals surface area contributed by atoms with Crippen molar-refractivity contribution in [3.63, 3.8) is 0 Å². The van der Waals surface area contributed by atoms with E-state index in [9.17, 15) is 37.1 Å². The van der Waals surface area contributed by atoms with Gasteiger partial charge in [-0.25, -0.2) is 24.5 Å². The number of benzene rings is 1. The fraction of sp³-hybridized carbons (Fsp3) is 0.510. The number of aryl methyl sites for hydroxylation is 2. The Bertz CT molecular complexity index is 2830.